The molecule has 1 fully saturated rings. The highest BCUT2D eigenvalue weighted by atomic mass is 16.4. The number of carbonyl (C=O) groups is 2. The summed E-state index contributed by atoms with van der Waals surface area (Å²) in [5, 5.41) is 32.5. The molecule has 0 radical (unpaired) electrons. The standard InChI is InChI=1S/C29H36O5/c1-29(2)27(33)24(11-5-3-4-6-12-26(31)32)25(28(29)34)18-17-23(30)16-14-20-13-15-21-9-7-8-10-22(21)19-20/h3,5,7-10,13,15,17-19,23-25,28,30,34H,4,6,11-12,14,16H2,1-2H3,(H,31,32)/b5-3-,18-17+/t23?,24-,25-,28+/m1/s1. The van der Waals surface area contributed by atoms with Gasteiger partial charge in [-0.25, -0.2) is 0 Å². The number of aliphatic carboxylic acids is 1. The predicted octanol–water partition coefficient (Wildman–Crippen LogP) is 5.09. The molecule has 182 valence electrons. The number of rotatable bonds is 11. The summed E-state index contributed by atoms with van der Waals surface area (Å²) in [7, 11) is 0. The van der Waals surface area contributed by atoms with Gasteiger partial charge in [-0.2, -0.15) is 0 Å². The zero-order valence-electron chi connectivity index (χ0n) is 20.1. The lowest BCUT2D eigenvalue weighted by molar-refractivity contribution is -0.137. The molecule has 0 aliphatic heterocycles. The van der Waals surface area contributed by atoms with E-state index in [2.05, 4.69) is 30.3 Å². The second-order valence-electron chi connectivity index (χ2n) is 9.88. The Morgan fingerprint density at radius 3 is 2.59 bits per heavy atom. The van der Waals surface area contributed by atoms with Gasteiger partial charge in [0.1, 0.15) is 5.78 Å². The second-order valence-corrected chi connectivity index (χ2v) is 9.88. The fourth-order valence-corrected chi connectivity index (χ4v) is 4.80. The van der Waals surface area contributed by atoms with Crippen LogP contribution in [0.25, 0.3) is 10.8 Å². The van der Waals surface area contributed by atoms with Crippen molar-refractivity contribution in [2.75, 3.05) is 0 Å². The first-order chi connectivity index (χ1) is 16.2. The number of Topliss-reactive ketones (excluding diaryl/α,β-unsaturated/α-hetero) is 1. The summed E-state index contributed by atoms with van der Waals surface area (Å²) in [6.45, 7) is 3.54. The fourth-order valence-electron chi connectivity index (χ4n) is 4.80. The van der Waals surface area contributed by atoms with Gasteiger partial charge in [0, 0.05) is 18.3 Å². The number of ketones is 1. The van der Waals surface area contributed by atoms with Gasteiger partial charge in [-0.3, -0.25) is 9.59 Å². The summed E-state index contributed by atoms with van der Waals surface area (Å²) in [6.07, 6.45) is 8.99. The molecule has 34 heavy (non-hydrogen) atoms. The van der Waals surface area contributed by atoms with Crippen LogP contribution < -0.4 is 0 Å². The number of hydrogen-bond donors (Lipinski definition) is 3. The van der Waals surface area contributed by atoms with E-state index in [-0.39, 0.29) is 24.0 Å². The Morgan fingerprint density at radius 1 is 1.12 bits per heavy atom. The molecule has 4 atom stereocenters. The lowest BCUT2D eigenvalue weighted by Crippen LogP contribution is -2.31. The lowest BCUT2D eigenvalue weighted by atomic mass is 9.86. The lowest BCUT2D eigenvalue weighted by Gasteiger charge is -2.22. The number of aliphatic hydroxyl groups excluding tert-OH is 2. The van der Waals surface area contributed by atoms with E-state index in [4.69, 9.17) is 5.11 Å². The Kier molecular flexibility index (Phi) is 8.81. The summed E-state index contributed by atoms with van der Waals surface area (Å²) in [5.41, 5.74) is 0.321. The number of hydrogen-bond acceptors (Lipinski definition) is 4. The SMILES string of the molecule is CC1(C)C(=O)[C@H](C/C=C\CCCC(=O)O)[C@@H](/C=C/C(O)CCc2ccc3ccccc3c2)[C@@H]1O. The van der Waals surface area contributed by atoms with Crippen LogP contribution in [0.1, 0.15) is 51.5 Å². The van der Waals surface area contributed by atoms with Gasteiger partial charge < -0.3 is 15.3 Å². The highest BCUT2D eigenvalue weighted by Crippen LogP contribution is 2.44. The van der Waals surface area contributed by atoms with E-state index < -0.39 is 23.6 Å². The molecule has 1 saturated carbocycles. The maximum absolute atomic E-state index is 13.0. The molecule has 1 aliphatic rings. The smallest absolute Gasteiger partial charge is 0.303 e. The molecule has 0 amide bonds. The molecule has 0 aromatic heterocycles. The van der Waals surface area contributed by atoms with Gasteiger partial charge in [0.2, 0.25) is 0 Å². The van der Waals surface area contributed by atoms with E-state index in [0.29, 0.717) is 25.7 Å². The summed E-state index contributed by atoms with van der Waals surface area (Å²) in [5.74, 6) is -1.50. The number of fused-ring (bicyclic) bond motifs is 1. The molecule has 5 heteroatoms. The number of allylic oxidation sites excluding steroid dienone is 2. The van der Waals surface area contributed by atoms with E-state index in [1.165, 1.54) is 10.8 Å². The van der Waals surface area contributed by atoms with Crippen LogP contribution in [0.5, 0.6) is 0 Å². The summed E-state index contributed by atoms with van der Waals surface area (Å²) in [4.78, 5) is 23.6. The third-order valence-electron chi connectivity index (χ3n) is 6.96. The van der Waals surface area contributed by atoms with Crippen LogP contribution in [0.2, 0.25) is 0 Å². The average Bonchev–Trinajstić information content (AvgIpc) is 2.97. The highest BCUT2D eigenvalue weighted by molar-refractivity contribution is 5.90. The fraction of sp³-hybridized carbons (Fsp3) is 0.448. The van der Waals surface area contributed by atoms with Crippen molar-refractivity contribution in [1.29, 1.82) is 0 Å². The van der Waals surface area contributed by atoms with Gasteiger partial charge in [-0.05, 0) is 48.4 Å². The molecule has 0 heterocycles. The van der Waals surface area contributed by atoms with Crippen molar-refractivity contribution in [3.63, 3.8) is 0 Å². The third kappa shape index (κ3) is 6.43. The van der Waals surface area contributed by atoms with Gasteiger partial charge in [0.05, 0.1) is 17.6 Å². The van der Waals surface area contributed by atoms with Crippen LogP contribution >= 0.6 is 0 Å². The number of carbonyl (C=O) groups excluding carboxylic acids is 1. The molecule has 5 nitrogen and oxygen atoms in total. The van der Waals surface area contributed by atoms with Crippen LogP contribution in [-0.2, 0) is 16.0 Å². The number of unbranched alkanes of at least 4 members (excludes halogenated alkanes) is 1. The molecule has 1 aliphatic carbocycles. The Hall–Kier alpha value is -2.76. The van der Waals surface area contributed by atoms with Crippen molar-refractivity contribution in [2.45, 2.75) is 64.6 Å². The van der Waals surface area contributed by atoms with E-state index in [0.717, 1.165) is 12.0 Å². The minimum Gasteiger partial charge on any atom is -0.481 e. The highest BCUT2D eigenvalue weighted by Gasteiger charge is 2.52. The minimum absolute atomic E-state index is 0.0236. The van der Waals surface area contributed by atoms with Crippen molar-refractivity contribution in [3.8, 4) is 0 Å². The molecule has 2 aromatic carbocycles. The first-order valence-corrected chi connectivity index (χ1v) is 12.1. The van der Waals surface area contributed by atoms with E-state index in [1.807, 2.05) is 30.4 Å². The second kappa shape index (κ2) is 11.6. The molecule has 0 bridgehead atoms. The topological polar surface area (TPSA) is 94.8 Å². The Morgan fingerprint density at radius 2 is 1.85 bits per heavy atom. The third-order valence-corrected chi connectivity index (χ3v) is 6.96. The van der Waals surface area contributed by atoms with Crippen molar-refractivity contribution in [1.82, 2.24) is 0 Å². The molecule has 0 spiro atoms. The Balaban J connectivity index is 1.59. The minimum atomic E-state index is -0.840. The molecule has 1 unspecified atom stereocenters. The van der Waals surface area contributed by atoms with Gasteiger partial charge in [0.25, 0.3) is 0 Å². The number of carboxylic acid groups (broad SMARTS) is 1. The van der Waals surface area contributed by atoms with Crippen molar-refractivity contribution >= 4 is 22.5 Å². The van der Waals surface area contributed by atoms with Crippen LogP contribution in [0.3, 0.4) is 0 Å². The number of aliphatic hydroxyl groups is 2. The monoisotopic (exact) mass is 464 g/mol. The van der Waals surface area contributed by atoms with Crippen molar-refractivity contribution < 1.29 is 24.9 Å². The van der Waals surface area contributed by atoms with E-state index in [9.17, 15) is 19.8 Å². The Bertz CT molecular complexity index is 1050. The first kappa shape index (κ1) is 25.9. The summed E-state index contributed by atoms with van der Waals surface area (Å²) < 4.78 is 0. The normalized spacial score (nSPS) is 23.3. The average molecular weight is 465 g/mol. The maximum Gasteiger partial charge on any atom is 0.303 e. The molecular formula is C29H36O5. The molecule has 3 rings (SSSR count). The molecule has 2 aromatic rings. The quantitative estimate of drug-likeness (QED) is 0.318. The Labute approximate surface area is 201 Å². The van der Waals surface area contributed by atoms with Crippen LogP contribution in [0, 0.1) is 17.3 Å². The van der Waals surface area contributed by atoms with Crippen LogP contribution in [0.15, 0.2) is 66.8 Å². The number of benzene rings is 2. The first-order valence-electron chi connectivity index (χ1n) is 12.1. The van der Waals surface area contributed by atoms with Crippen molar-refractivity contribution in [2.24, 2.45) is 17.3 Å². The van der Waals surface area contributed by atoms with E-state index >= 15 is 0 Å². The number of carboxylic acids is 1. The molecule has 3 N–H and O–H groups in total. The van der Waals surface area contributed by atoms with Gasteiger partial charge in [-0.15, -0.1) is 0 Å². The zero-order chi connectivity index (χ0) is 24.7. The van der Waals surface area contributed by atoms with Crippen LogP contribution in [-0.4, -0.2) is 39.3 Å². The van der Waals surface area contributed by atoms with Crippen molar-refractivity contribution in [3.05, 3.63) is 72.3 Å². The predicted molar refractivity (Wildman–Crippen MR) is 134 cm³/mol. The maximum atomic E-state index is 13.0. The summed E-state index contributed by atoms with van der Waals surface area (Å²) in [6, 6.07) is 14.5. The summed E-state index contributed by atoms with van der Waals surface area (Å²) >= 11 is 0. The van der Waals surface area contributed by atoms with Gasteiger partial charge in [0.15, 0.2) is 0 Å². The van der Waals surface area contributed by atoms with E-state index in [1.54, 1.807) is 19.9 Å². The zero-order valence-corrected chi connectivity index (χ0v) is 20.1. The van der Waals surface area contributed by atoms with Gasteiger partial charge in [-0.1, -0.05) is 80.6 Å². The molecular weight excluding hydrogens is 428 g/mol. The molecule has 0 saturated heterocycles. The van der Waals surface area contributed by atoms with Gasteiger partial charge >= 0.3 is 5.97 Å². The largest absolute Gasteiger partial charge is 0.481 e. The van der Waals surface area contributed by atoms with Crippen LogP contribution in [0.4, 0.5) is 0 Å². The number of aryl methyl sites for hydroxylation is 1.